The third-order valence-corrected chi connectivity index (χ3v) is 5.54. The van der Waals surface area contributed by atoms with Crippen molar-refractivity contribution in [3.63, 3.8) is 0 Å². The Labute approximate surface area is 177 Å². The molecular weight excluding hydrogens is 419 g/mol. The molecule has 1 heterocycles. The summed E-state index contributed by atoms with van der Waals surface area (Å²) in [5.41, 5.74) is 2.72. The molecule has 1 aliphatic heterocycles. The number of benzene rings is 2. The van der Waals surface area contributed by atoms with Crippen molar-refractivity contribution in [2.24, 2.45) is 0 Å². The molecule has 2 aromatic rings. The highest BCUT2D eigenvalue weighted by Gasteiger charge is 2.51. The lowest BCUT2D eigenvalue weighted by atomic mass is 9.78. The van der Waals surface area contributed by atoms with Gasteiger partial charge in [-0.2, -0.15) is 0 Å². The van der Waals surface area contributed by atoms with Crippen molar-refractivity contribution in [2.45, 2.75) is 52.7 Å². The number of methoxy groups -OCH3 is 2. The molecule has 1 saturated heterocycles. The van der Waals surface area contributed by atoms with Crippen molar-refractivity contribution >= 4 is 28.5 Å². The molecule has 0 aliphatic carbocycles. The minimum absolute atomic E-state index is 0.311. The Hall–Kier alpha value is -1.50. The number of hydrogen-bond acceptors (Lipinski definition) is 4. The van der Waals surface area contributed by atoms with Crippen LogP contribution in [0.5, 0.6) is 11.5 Å². The van der Waals surface area contributed by atoms with Gasteiger partial charge in [0.25, 0.3) is 0 Å². The van der Waals surface area contributed by atoms with Gasteiger partial charge in [-0.05, 0) is 88.5 Å². The van der Waals surface area contributed by atoms with E-state index >= 15 is 0 Å². The van der Waals surface area contributed by atoms with Crippen LogP contribution in [0.2, 0.25) is 0 Å². The first-order chi connectivity index (χ1) is 13.0. The largest absolute Gasteiger partial charge is 0.497 e. The smallest absolute Gasteiger partial charge is 0.494 e. The van der Waals surface area contributed by atoms with Gasteiger partial charge < -0.3 is 18.8 Å². The van der Waals surface area contributed by atoms with Crippen molar-refractivity contribution in [3.8, 4) is 11.5 Å². The summed E-state index contributed by atoms with van der Waals surface area (Å²) in [7, 11) is 3.01. The summed E-state index contributed by atoms with van der Waals surface area (Å²) >= 11 is 3.37. The third-order valence-electron chi connectivity index (χ3n) is 5.09. The molecule has 0 aromatic heterocycles. The van der Waals surface area contributed by atoms with Crippen molar-refractivity contribution in [3.05, 3.63) is 52.0 Å². The molecular formula is C22H30BBrO4. The van der Waals surface area contributed by atoms with Crippen LogP contribution >= 0.6 is 15.9 Å². The lowest BCUT2D eigenvalue weighted by Gasteiger charge is -2.32. The second-order valence-corrected chi connectivity index (χ2v) is 8.96. The molecule has 0 saturated carbocycles. The van der Waals surface area contributed by atoms with Crippen LogP contribution in [0.1, 0.15) is 38.8 Å². The summed E-state index contributed by atoms with van der Waals surface area (Å²) in [6.07, 6.45) is 0. The zero-order valence-electron chi connectivity index (χ0n) is 18.1. The first kappa shape index (κ1) is 22.8. The molecule has 0 atom stereocenters. The predicted octanol–water partition coefficient (Wildman–Crippen LogP) is 5.07. The van der Waals surface area contributed by atoms with E-state index in [1.807, 2.05) is 44.2 Å². The van der Waals surface area contributed by atoms with Crippen molar-refractivity contribution < 1.29 is 18.8 Å². The van der Waals surface area contributed by atoms with E-state index in [-0.39, 0.29) is 18.3 Å². The van der Waals surface area contributed by atoms with Crippen LogP contribution in [0.15, 0.2) is 40.9 Å². The Morgan fingerprint density at radius 2 is 1.21 bits per heavy atom. The van der Waals surface area contributed by atoms with Gasteiger partial charge in [-0.25, -0.2) is 0 Å². The van der Waals surface area contributed by atoms with Gasteiger partial charge in [-0.3, -0.25) is 0 Å². The number of hydrogen-bond donors (Lipinski definition) is 0. The van der Waals surface area contributed by atoms with Gasteiger partial charge in [-0.15, -0.1) is 0 Å². The van der Waals surface area contributed by atoms with Gasteiger partial charge in [0.1, 0.15) is 11.5 Å². The molecule has 1 aliphatic rings. The Bertz CT molecular complexity index is 784. The monoisotopic (exact) mass is 448 g/mol. The SMILES string of the molecule is COc1cc(C)cc(B2OC(C)(C)C(C)(C)O2)c1.COc1cc(C)cc(Br)c1. The predicted molar refractivity (Wildman–Crippen MR) is 119 cm³/mol. The zero-order valence-corrected chi connectivity index (χ0v) is 19.6. The Kier molecular flexibility index (Phi) is 7.24. The lowest BCUT2D eigenvalue weighted by molar-refractivity contribution is 0.00578. The number of ether oxygens (including phenoxy) is 2. The van der Waals surface area contributed by atoms with E-state index in [1.54, 1.807) is 14.2 Å². The van der Waals surface area contributed by atoms with E-state index in [0.29, 0.717) is 0 Å². The lowest BCUT2D eigenvalue weighted by Crippen LogP contribution is -2.41. The van der Waals surface area contributed by atoms with Crippen molar-refractivity contribution in [1.29, 1.82) is 0 Å². The highest BCUT2D eigenvalue weighted by Crippen LogP contribution is 2.36. The summed E-state index contributed by atoms with van der Waals surface area (Å²) in [6.45, 7) is 12.3. The fourth-order valence-electron chi connectivity index (χ4n) is 2.83. The Morgan fingerprint density at radius 1 is 0.750 bits per heavy atom. The van der Waals surface area contributed by atoms with Gasteiger partial charge >= 0.3 is 7.12 Å². The molecule has 0 spiro atoms. The Balaban J connectivity index is 0.000000237. The molecule has 0 bridgehead atoms. The number of aryl methyl sites for hydroxylation is 2. The van der Waals surface area contributed by atoms with Crippen LogP contribution in [0.25, 0.3) is 0 Å². The molecule has 28 heavy (non-hydrogen) atoms. The maximum absolute atomic E-state index is 6.03. The number of rotatable bonds is 3. The molecule has 1 fully saturated rings. The highest BCUT2D eigenvalue weighted by molar-refractivity contribution is 9.10. The molecule has 0 amide bonds. The minimum Gasteiger partial charge on any atom is -0.497 e. The van der Waals surface area contributed by atoms with Gasteiger partial charge in [0, 0.05) is 4.47 Å². The minimum atomic E-state index is -0.330. The Morgan fingerprint density at radius 3 is 1.68 bits per heavy atom. The maximum atomic E-state index is 6.03. The molecule has 2 aromatic carbocycles. The highest BCUT2D eigenvalue weighted by atomic mass is 79.9. The third kappa shape index (κ3) is 5.52. The zero-order chi connectivity index (χ0) is 21.1. The quantitative estimate of drug-likeness (QED) is 0.614. The van der Waals surface area contributed by atoms with Gasteiger partial charge in [0.15, 0.2) is 0 Å². The van der Waals surface area contributed by atoms with Crippen LogP contribution in [-0.2, 0) is 9.31 Å². The van der Waals surface area contributed by atoms with Crippen LogP contribution in [-0.4, -0.2) is 32.5 Å². The van der Waals surface area contributed by atoms with Gasteiger partial charge in [-0.1, -0.05) is 22.0 Å². The van der Waals surface area contributed by atoms with E-state index < -0.39 is 0 Å². The molecule has 0 unspecified atom stereocenters. The van der Waals surface area contributed by atoms with Crippen molar-refractivity contribution in [1.82, 2.24) is 0 Å². The fraction of sp³-hybridized carbons (Fsp3) is 0.455. The topological polar surface area (TPSA) is 36.9 Å². The summed E-state index contributed by atoms with van der Waals surface area (Å²) in [6, 6.07) is 12.0. The second-order valence-electron chi connectivity index (χ2n) is 8.04. The molecule has 6 heteroatoms. The van der Waals surface area contributed by atoms with Crippen LogP contribution in [0.3, 0.4) is 0 Å². The van der Waals surface area contributed by atoms with Gasteiger partial charge in [0.05, 0.1) is 25.4 Å². The number of halogens is 1. The van der Waals surface area contributed by atoms with Crippen LogP contribution in [0.4, 0.5) is 0 Å². The molecule has 152 valence electrons. The van der Waals surface area contributed by atoms with Gasteiger partial charge in [0.2, 0.25) is 0 Å². The summed E-state index contributed by atoms with van der Waals surface area (Å²) < 4.78 is 23.4. The molecule has 0 radical (unpaired) electrons. The summed E-state index contributed by atoms with van der Waals surface area (Å²) in [5, 5.41) is 0. The van der Waals surface area contributed by atoms with Crippen LogP contribution < -0.4 is 14.9 Å². The fourth-order valence-corrected chi connectivity index (χ4v) is 3.42. The first-order valence-electron chi connectivity index (χ1n) is 9.30. The standard InChI is InChI=1S/C14H21BO3.C8H9BrO/c1-10-7-11(9-12(8-10)16-6)15-17-13(2,3)14(4,5)18-15;1-6-3-7(9)5-8(4-6)10-2/h7-9H,1-6H3;3-5H,1-2H3. The molecule has 0 N–H and O–H groups in total. The average Bonchev–Trinajstić information content (AvgIpc) is 2.81. The maximum Gasteiger partial charge on any atom is 0.494 e. The second kappa shape index (κ2) is 8.89. The van der Waals surface area contributed by atoms with E-state index in [0.717, 1.165) is 27.0 Å². The summed E-state index contributed by atoms with van der Waals surface area (Å²) in [5.74, 6) is 1.73. The molecule has 4 nitrogen and oxygen atoms in total. The first-order valence-corrected chi connectivity index (χ1v) is 10.1. The van der Waals surface area contributed by atoms with Crippen LogP contribution in [0, 0.1) is 13.8 Å². The van der Waals surface area contributed by atoms with E-state index in [1.165, 1.54) is 5.56 Å². The molecule has 3 rings (SSSR count). The van der Waals surface area contributed by atoms with Crippen molar-refractivity contribution in [2.75, 3.05) is 14.2 Å². The normalized spacial score (nSPS) is 17.0. The van der Waals surface area contributed by atoms with E-state index in [9.17, 15) is 0 Å². The van der Waals surface area contributed by atoms with E-state index in [2.05, 4.69) is 49.7 Å². The average molecular weight is 449 g/mol. The van der Waals surface area contributed by atoms with E-state index in [4.69, 9.17) is 18.8 Å². The summed E-state index contributed by atoms with van der Waals surface area (Å²) in [4.78, 5) is 0.